The van der Waals surface area contributed by atoms with E-state index in [0.29, 0.717) is 41.0 Å². The number of nitrogens with one attached hydrogen (secondary N) is 2. The Bertz CT molecular complexity index is 1390. The third kappa shape index (κ3) is 7.55. The van der Waals surface area contributed by atoms with Crippen molar-refractivity contribution >= 4 is 35.0 Å². The highest BCUT2D eigenvalue weighted by atomic mass is 32.2. The van der Waals surface area contributed by atoms with Crippen LogP contribution >= 0.6 is 11.8 Å². The number of methoxy groups -OCH3 is 1. The minimum atomic E-state index is 0.157. The van der Waals surface area contributed by atoms with Gasteiger partial charge in [-0.15, -0.1) is 0 Å². The molecular weight excluding hydrogens is 572 g/mol. The zero-order chi connectivity index (χ0) is 30.5. The number of ether oxygens (including phenoxy) is 1. The fraction of sp³-hybridized carbons (Fsp3) is 0.576. The lowest BCUT2D eigenvalue weighted by molar-refractivity contribution is -0.116. The Morgan fingerprint density at radius 3 is 2.36 bits per heavy atom. The first kappa shape index (κ1) is 30.9. The Kier molecular flexibility index (Phi) is 10.0. The van der Waals surface area contributed by atoms with E-state index in [2.05, 4.69) is 30.2 Å². The molecule has 3 aliphatic heterocycles. The number of rotatable bonds is 11. The Morgan fingerprint density at radius 1 is 1.02 bits per heavy atom. The van der Waals surface area contributed by atoms with Crippen molar-refractivity contribution in [2.45, 2.75) is 87.3 Å². The summed E-state index contributed by atoms with van der Waals surface area (Å²) < 4.78 is 6.00. The Labute approximate surface area is 265 Å². The highest BCUT2D eigenvalue weighted by Gasteiger charge is 2.41. The molecule has 44 heavy (non-hydrogen) atoms. The van der Waals surface area contributed by atoms with Gasteiger partial charge in [0.1, 0.15) is 5.78 Å². The number of hydrogen-bond donors (Lipinski definition) is 2. The van der Waals surface area contributed by atoms with Crippen LogP contribution < -0.4 is 15.0 Å². The Balaban J connectivity index is 1.22. The smallest absolute Gasteiger partial charge is 0.204 e. The number of H-pyrrole nitrogens is 1. The van der Waals surface area contributed by atoms with Crippen LogP contribution in [0.3, 0.4) is 0 Å². The van der Waals surface area contributed by atoms with Crippen molar-refractivity contribution in [2.24, 2.45) is 0 Å². The number of piperazine rings is 1. The predicted octanol–water partition coefficient (Wildman–Crippen LogP) is 5.46. The van der Waals surface area contributed by atoms with Crippen molar-refractivity contribution in [1.29, 1.82) is 0 Å². The number of aromatic nitrogens is 4. The van der Waals surface area contributed by atoms with E-state index in [9.17, 15) is 4.79 Å². The van der Waals surface area contributed by atoms with Crippen molar-refractivity contribution in [1.82, 2.24) is 30.0 Å². The van der Waals surface area contributed by atoms with Gasteiger partial charge in [-0.2, -0.15) is 5.10 Å². The fourth-order valence-electron chi connectivity index (χ4n) is 6.94. The van der Waals surface area contributed by atoms with Crippen molar-refractivity contribution in [3.8, 4) is 5.75 Å². The number of likely N-dealkylation sites (tertiary alicyclic amines) is 1. The highest BCUT2D eigenvalue weighted by molar-refractivity contribution is 7.99. The van der Waals surface area contributed by atoms with E-state index < -0.39 is 0 Å². The maximum absolute atomic E-state index is 11.6. The minimum absolute atomic E-state index is 0.157. The molecule has 3 aromatic rings. The summed E-state index contributed by atoms with van der Waals surface area (Å²) in [6, 6.07) is 11.1. The van der Waals surface area contributed by atoms with E-state index in [0.717, 1.165) is 41.6 Å². The van der Waals surface area contributed by atoms with E-state index in [1.165, 1.54) is 76.3 Å². The predicted molar refractivity (Wildman–Crippen MR) is 175 cm³/mol. The summed E-state index contributed by atoms with van der Waals surface area (Å²) in [6.45, 7) is 10.3. The van der Waals surface area contributed by atoms with Crippen LogP contribution in [0.5, 0.6) is 5.75 Å². The molecule has 2 N–H and O–H groups in total. The molecule has 3 fully saturated rings. The van der Waals surface area contributed by atoms with E-state index in [4.69, 9.17) is 14.7 Å². The lowest BCUT2D eigenvalue weighted by atomic mass is 10.1. The molecule has 0 aliphatic carbocycles. The lowest BCUT2D eigenvalue weighted by Gasteiger charge is -2.42. The maximum atomic E-state index is 11.6. The largest absolute Gasteiger partial charge is 0.490 e. The van der Waals surface area contributed by atoms with E-state index in [1.54, 1.807) is 14.0 Å². The third-order valence-electron chi connectivity index (χ3n) is 9.13. The molecule has 0 amide bonds. The minimum Gasteiger partial charge on any atom is -0.490 e. The normalized spacial score (nSPS) is 21.2. The third-order valence-corrected chi connectivity index (χ3v) is 10.00. The van der Waals surface area contributed by atoms with Gasteiger partial charge in [0, 0.05) is 61.3 Å². The van der Waals surface area contributed by atoms with Crippen molar-refractivity contribution < 1.29 is 9.53 Å². The SMILES string of the molecule is COc1c(Nc2cc(C)[nH]n2)nc(Sc2ccc(CC(C)=O)cc2)nc1N1CC2CCC(C1)N2CCN1CCCCCCC1. The van der Waals surface area contributed by atoms with Crippen LogP contribution in [0.1, 0.15) is 63.1 Å². The van der Waals surface area contributed by atoms with Gasteiger partial charge in [-0.3, -0.25) is 14.8 Å². The molecule has 2 atom stereocenters. The summed E-state index contributed by atoms with van der Waals surface area (Å²) in [4.78, 5) is 30.5. The molecule has 11 heteroatoms. The number of anilines is 3. The van der Waals surface area contributed by atoms with Crippen LogP contribution in [-0.2, 0) is 11.2 Å². The lowest BCUT2D eigenvalue weighted by Crippen LogP contribution is -2.55. The number of aromatic amines is 1. The molecule has 5 heterocycles. The summed E-state index contributed by atoms with van der Waals surface area (Å²) in [5.74, 6) is 2.91. The summed E-state index contributed by atoms with van der Waals surface area (Å²) in [5, 5.41) is 11.4. The first-order valence-corrected chi connectivity index (χ1v) is 17.0. The number of hydrogen-bond acceptors (Lipinski definition) is 10. The van der Waals surface area contributed by atoms with E-state index in [-0.39, 0.29) is 5.78 Å². The number of benzene rings is 1. The van der Waals surface area contributed by atoms with Gasteiger partial charge in [0.2, 0.25) is 5.75 Å². The van der Waals surface area contributed by atoms with Crippen LogP contribution in [0.15, 0.2) is 40.4 Å². The molecule has 10 nitrogen and oxygen atoms in total. The van der Waals surface area contributed by atoms with Gasteiger partial charge >= 0.3 is 0 Å². The first-order valence-electron chi connectivity index (χ1n) is 16.2. The molecule has 6 rings (SSSR count). The van der Waals surface area contributed by atoms with Gasteiger partial charge in [-0.05, 0) is 82.1 Å². The second kappa shape index (κ2) is 14.3. The second-order valence-corrected chi connectivity index (χ2v) is 13.6. The topological polar surface area (TPSA) is 103 Å². The number of aryl methyl sites for hydroxylation is 1. The van der Waals surface area contributed by atoms with Gasteiger partial charge < -0.3 is 19.9 Å². The average Bonchev–Trinajstić information content (AvgIpc) is 3.50. The van der Waals surface area contributed by atoms with Gasteiger partial charge in [-0.25, -0.2) is 9.97 Å². The highest BCUT2D eigenvalue weighted by Crippen LogP contribution is 2.41. The number of fused-ring (bicyclic) bond motifs is 2. The zero-order valence-corrected chi connectivity index (χ0v) is 27.2. The number of carbonyl (C=O) groups is 1. The van der Waals surface area contributed by atoms with Crippen LogP contribution in [0.2, 0.25) is 0 Å². The molecule has 2 aromatic heterocycles. The average molecular weight is 619 g/mol. The van der Waals surface area contributed by atoms with Crippen LogP contribution in [-0.4, -0.2) is 94.2 Å². The summed E-state index contributed by atoms with van der Waals surface area (Å²) in [6.07, 6.45) is 9.72. The fourth-order valence-corrected chi connectivity index (χ4v) is 7.70. The Morgan fingerprint density at radius 2 is 1.73 bits per heavy atom. The zero-order valence-electron chi connectivity index (χ0n) is 26.3. The number of Topliss-reactive ketones (excluding diaryl/α,β-unsaturated/α-hetero) is 1. The van der Waals surface area contributed by atoms with Gasteiger partial charge in [0.15, 0.2) is 22.6 Å². The standard InChI is InChI=1S/C33H46N8O2S/c1-23-19-29(38-37-23)34-31-30(43-3)32(36-33(35-31)44-28-13-9-25(10-14-28)20-24(2)42)40-21-26-11-12-27(22-40)41(26)18-17-39-15-7-5-4-6-8-16-39/h9-10,13-14,19,26-27H,4-8,11-12,15-18,20-22H2,1-3H3,(H2,34,35,36,37,38). The maximum Gasteiger partial charge on any atom is 0.204 e. The first-order chi connectivity index (χ1) is 21.4. The van der Waals surface area contributed by atoms with E-state index >= 15 is 0 Å². The summed E-state index contributed by atoms with van der Waals surface area (Å²) >= 11 is 1.51. The molecule has 0 saturated carbocycles. The number of ketones is 1. The Hall–Kier alpha value is -3.15. The van der Waals surface area contributed by atoms with E-state index in [1.807, 2.05) is 37.3 Å². The molecule has 236 valence electrons. The molecule has 3 aliphatic rings. The molecule has 0 radical (unpaired) electrons. The molecule has 1 aromatic carbocycles. The summed E-state index contributed by atoms with van der Waals surface area (Å²) in [5.41, 5.74) is 1.97. The second-order valence-electron chi connectivity index (χ2n) is 12.5. The van der Waals surface area contributed by atoms with Crippen molar-refractivity contribution in [3.63, 3.8) is 0 Å². The monoisotopic (exact) mass is 618 g/mol. The quantitative estimate of drug-likeness (QED) is 0.269. The molecule has 2 bridgehead atoms. The molecular formula is C33H46N8O2S. The summed E-state index contributed by atoms with van der Waals surface area (Å²) in [7, 11) is 1.69. The van der Waals surface area contributed by atoms with Crippen LogP contribution in [0.25, 0.3) is 0 Å². The molecule has 3 saturated heterocycles. The van der Waals surface area contributed by atoms with Gasteiger partial charge in [0.25, 0.3) is 0 Å². The number of carbonyl (C=O) groups excluding carboxylic acids is 1. The van der Waals surface area contributed by atoms with Crippen molar-refractivity contribution in [2.75, 3.05) is 56.6 Å². The molecule has 0 spiro atoms. The van der Waals surface area contributed by atoms with Crippen LogP contribution in [0, 0.1) is 6.92 Å². The van der Waals surface area contributed by atoms with Gasteiger partial charge in [0.05, 0.1) is 7.11 Å². The van der Waals surface area contributed by atoms with Crippen molar-refractivity contribution in [3.05, 3.63) is 41.6 Å². The van der Waals surface area contributed by atoms with Crippen LogP contribution in [0.4, 0.5) is 17.5 Å². The molecule has 2 unspecified atom stereocenters. The number of nitrogens with zero attached hydrogens (tertiary/aromatic N) is 6. The van der Waals surface area contributed by atoms with Gasteiger partial charge in [-0.1, -0.05) is 31.4 Å².